The van der Waals surface area contributed by atoms with Gasteiger partial charge in [0.15, 0.2) is 0 Å². The highest BCUT2D eigenvalue weighted by molar-refractivity contribution is 7.90. The Bertz CT molecular complexity index is 247. The highest BCUT2D eigenvalue weighted by Crippen LogP contribution is 2.20. The lowest BCUT2D eigenvalue weighted by atomic mass is 10.5. The fourth-order valence-corrected chi connectivity index (χ4v) is 2.28. The molecule has 0 saturated heterocycles. The molecule has 0 bridgehead atoms. The Kier molecular flexibility index (Phi) is 3.70. The predicted octanol–water partition coefficient (Wildman–Crippen LogP) is 0.0662. The first-order valence-electron chi connectivity index (χ1n) is 4.78. The van der Waals surface area contributed by atoms with Crippen molar-refractivity contribution >= 4 is 10.0 Å². The fourth-order valence-electron chi connectivity index (χ4n) is 1.01. The molecule has 2 N–H and O–H groups in total. The summed E-state index contributed by atoms with van der Waals surface area (Å²) in [4.78, 5) is 0. The average Bonchev–Trinajstić information content (AvgIpc) is 2.83. The maximum absolute atomic E-state index is 11.5. The van der Waals surface area contributed by atoms with Crippen LogP contribution in [0.3, 0.4) is 0 Å². The zero-order chi connectivity index (χ0) is 9.90. The third-order valence-electron chi connectivity index (χ3n) is 2.12. The summed E-state index contributed by atoms with van der Waals surface area (Å²) in [7, 11) is -3.08. The summed E-state index contributed by atoms with van der Waals surface area (Å²) in [5, 5.41) is 2.69. The van der Waals surface area contributed by atoms with Crippen LogP contribution in [0.25, 0.3) is 0 Å². The van der Waals surface area contributed by atoms with Crippen LogP contribution in [0, 0.1) is 0 Å². The summed E-state index contributed by atoms with van der Waals surface area (Å²) >= 11 is 0. The highest BCUT2D eigenvalue weighted by atomic mass is 32.2. The first-order valence-corrected chi connectivity index (χ1v) is 6.32. The van der Waals surface area contributed by atoms with Gasteiger partial charge in [-0.3, -0.25) is 0 Å². The Labute approximate surface area is 80.1 Å². The van der Waals surface area contributed by atoms with Crippen LogP contribution in [-0.2, 0) is 10.0 Å². The van der Waals surface area contributed by atoms with Crippen molar-refractivity contribution < 1.29 is 8.42 Å². The SMILES string of the molecule is CCNCC(C)S(=O)(=O)NC1CC1. The van der Waals surface area contributed by atoms with Crippen LogP contribution in [0.2, 0.25) is 0 Å². The number of hydrogen-bond donors (Lipinski definition) is 2. The van der Waals surface area contributed by atoms with E-state index in [1.165, 1.54) is 0 Å². The fraction of sp³-hybridized carbons (Fsp3) is 1.00. The van der Waals surface area contributed by atoms with E-state index in [9.17, 15) is 8.42 Å². The maximum atomic E-state index is 11.5. The van der Waals surface area contributed by atoms with E-state index in [4.69, 9.17) is 0 Å². The van der Waals surface area contributed by atoms with Crippen molar-refractivity contribution in [1.29, 1.82) is 0 Å². The lowest BCUT2D eigenvalue weighted by Crippen LogP contribution is -2.39. The van der Waals surface area contributed by atoms with Gasteiger partial charge in [0.2, 0.25) is 10.0 Å². The molecule has 5 heteroatoms. The van der Waals surface area contributed by atoms with E-state index in [0.29, 0.717) is 6.54 Å². The summed E-state index contributed by atoms with van der Waals surface area (Å²) < 4.78 is 25.7. The molecule has 1 aliphatic rings. The number of hydrogen-bond acceptors (Lipinski definition) is 3. The Hall–Kier alpha value is -0.130. The van der Waals surface area contributed by atoms with Crippen LogP contribution in [-0.4, -0.2) is 32.8 Å². The van der Waals surface area contributed by atoms with Crippen molar-refractivity contribution in [2.75, 3.05) is 13.1 Å². The molecular weight excluding hydrogens is 188 g/mol. The topological polar surface area (TPSA) is 58.2 Å². The van der Waals surface area contributed by atoms with Crippen LogP contribution in [0.1, 0.15) is 26.7 Å². The summed E-state index contributed by atoms with van der Waals surface area (Å²) in [6, 6.07) is 0.217. The van der Waals surface area contributed by atoms with E-state index >= 15 is 0 Å². The molecule has 1 aliphatic carbocycles. The van der Waals surface area contributed by atoms with Crippen LogP contribution < -0.4 is 10.0 Å². The van der Waals surface area contributed by atoms with Crippen LogP contribution in [0.15, 0.2) is 0 Å². The van der Waals surface area contributed by atoms with Crippen molar-refractivity contribution in [3.63, 3.8) is 0 Å². The monoisotopic (exact) mass is 206 g/mol. The Balaban J connectivity index is 2.37. The summed E-state index contributed by atoms with van der Waals surface area (Å²) in [6.07, 6.45) is 1.99. The second-order valence-electron chi connectivity index (χ2n) is 3.56. The molecule has 0 aromatic heterocycles. The quantitative estimate of drug-likeness (QED) is 0.646. The lowest BCUT2D eigenvalue weighted by Gasteiger charge is -2.13. The van der Waals surface area contributed by atoms with Gasteiger partial charge in [-0.2, -0.15) is 0 Å². The van der Waals surface area contributed by atoms with Crippen molar-refractivity contribution in [2.24, 2.45) is 0 Å². The normalized spacial score (nSPS) is 20.2. The first-order chi connectivity index (χ1) is 6.06. The molecule has 78 valence electrons. The zero-order valence-corrected chi connectivity index (χ0v) is 9.02. The van der Waals surface area contributed by atoms with Gasteiger partial charge in [0.05, 0.1) is 5.25 Å². The molecule has 1 unspecified atom stereocenters. The molecular formula is C8H18N2O2S. The minimum absolute atomic E-state index is 0.217. The molecule has 4 nitrogen and oxygen atoms in total. The molecule has 1 saturated carbocycles. The largest absolute Gasteiger partial charge is 0.316 e. The van der Waals surface area contributed by atoms with Gasteiger partial charge < -0.3 is 5.32 Å². The van der Waals surface area contributed by atoms with Crippen molar-refractivity contribution in [3.8, 4) is 0 Å². The van der Waals surface area contributed by atoms with Gasteiger partial charge in [-0.1, -0.05) is 6.92 Å². The van der Waals surface area contributed by atoms with Crippen molar-refractivity contribution in [1.82, 2.24) is 10.0 Å². The van der Waals surface area contributed by atoms with E-state index in [2.05, 4.69) is 10.0 Å². The highest BCUT2D eigenvalue weighted by Gasteiger charge is 2.29. The summed E-state index contributed by atoms with van der Waals surface area (Å²) in [6.45, 7) is 5.03. The van der Waals surface area contributed by atoms with Crippen LogP contribution in [0.4, 0.5) is 0 Å². The minimum Gasteiger partial charge on any atom is -0.316 e. The third kappa shape index (κ3) is 3.62. The minimum atomic E-state index is -3.08. The molecule has 1 rings (SSSR count). The van der Waals surface area contributed by atoms with Gasteiger partial charge in [-0.25, -0.2) is 13.1 Å². The molecule has 0 amide bonds. The van der Waals surface area contributed by atoms with Crippen LogP contribution >= 0.6 is 0 Å². The molecule has 0 heterocycles. The van der Waals surface area contributed by atoms with E-state index in [1.807, 2.05) is 6.92 Å². The third-order valence-corrected chi connectivity index (χ3v) is 4.01. The van der Waals surface area contributed by atoms with Crippen molar-refractivity contribution in [2.45, 2.75) is 38.0 Å². The Morgan fingerprint density at radius 3 is 2.54 bits per heavy atom. The number of nitrogens with one attached hydrogen (secondary N) is 2. The average molecular weight is 206 g/mol. The van der Waals surface area contributed by atoms with Gasteiger partial charge in [0.1, 0.15) is 0 Å². The van der Waals surface area contributed by atoms with E-state index in [-0.39, 0.29) is 11.3 Å². The molecule has 0 spiro atoms. The maximum Gasteiger partial charge on any atom is 0.215 e. The molecule has 1 atom stereocenters. The zero-order valence-electron chi connectivity index (χ0n) is 8.21. The van der Waals surface area contributed by atoms with Crippen LogP contribution in [0.5, 0.6) is 0 Å². The molecule has 13 heavy (non-hydrogen) atoms. The second kappa shape index (κ2) is 4.39. The predicted molar refractivity (Wildman–Crippen MR) is 53.1 cm³/mol. The smallest absolute Gasteiger partial charge is 0.215 e. The van der Waals surface area contributed by atoms with Gasteiger partial charge in [-0.05, 0) is 26.3 Å². The Morgan fingerprint density at radius 1 is 1.46 bits per heavy atom. The standard InChI is InChI=1S/C8H18N2O2S/c1-3-9-6-7(2)13(11,12)10-8-4-5-8/h7-10H,3-6H2,1-2H3. The van der Waals surface area contributed by atoms with E-state index < -0.39 is 10.0 Å². The summed E-state index contributed by atoms with van der Waals surface area (Å²) in [5.41, 5.74) is 0. The van der Waals surface area contributed by atoms with E-state index in [0.717, 1.165) is 19.4 Å². The Morgan fingerprint density at radius 2 is 2.08 bits per heavy atom. The van der Waals surface area contributed by atoms with Gasteiger partial charge in [-0.15, -0.1) is 0 Å². The molecule has 1 fully saturated rings. The van der Waals surface area contributed by atoms with Gasteiger partial charge in [0.25, 0.3) is 0 Å². The second-order valence-corrected chi connectivity index (χ2v) is 5.69. The lowest BCUT2D eigenvalue weighted by molar-refractivity contribution is 0.559. The van der Waals surface area contributed by atoms with Crippen molar-refractivity contribution in [3.05, 3.63) is 0 Å². The van der Waals surface area contributed by atoms with Gasteiger partial charge >= 0.3 is 0 Å². The van der Waals surface area contributed by atoms with E-state index in [1.54, 1.807) is 6.92 Å². The van der Waals surface area contributed by atoms with Gasteiger partial charge in [0, 0.05) is 12.6 Å². The summed E-state index contributed by atoms with van der Waals surface area (Å²) in [5.74, 6) is 0. The molecule has 0 aromatic rings. The number of rotatable bonds is 6. The number of sulfonamides is 1. The first kappa shape index (κ1) is 10.9. The molecule has 0 radical (unpaired) electrons. The molecule has 0 aliphatic heterocycles. The molecule has 0 aromatic carbocycles.